The molecule has 1 amide bonds. The van der Waals surface area contributed by atoms with Gasteiger partial charge < -0.3 is 5.32 Å². The van der Waals surface area contributed by atoms with Gasteiger partial charge in [0.2, 0.25) is 0 Å². The number of hydrogen-bond acceptors (Lipinski definition) is 4. The number of alkyl halides is 3. The number of hydrogen-bond donors (Lipinski definition) is 1. The summed E-state index contributed by atoms with van der Waals surface area (Å²) in [6.07, 6.45) is -3.59. The van der Waals surface area contributed by atoms with Gasteiger partial charge in [-0.3, -0.25) is 4.79 Å². The molecule has 0 fully saturated rings. The van der Waals surface area contributed by atoms with Crippen LogP contribution in [0, 0.1) is 0 Å². The van der Waals surface area contributed by atoms with Gasteiger partial charge in [-0.25, -0.2) is 9.50 Å². The summed E-state index contributed by atoms with van der Waals surface area (Å²) in [5, 5.41) is 6.71. The van der Waals surface area contributed by atoms with E-state index in [0.29, 0.717) is 15.8 Å². The number of benzene rings is 3. The van der Waals surface area contributed by atoms with Gasteiger partial charge in [-0.15, -0.1) is 0 Å². The zero-order valence-electron chi connectivity index (χ0n) is 20.5. The van der Waals surface area contributed by atoms with Crippen molar-refractivity contribution in [2.45, 2.75) is 35.7 Å². The Balaban J connectivity index is 1.53. The van der Waals surface area contributed by atoms with Crippen LogP contribution in [0.2, 0.25) is 0 Å². The molecular weight excluding hydrogens is 509 g/mol. The summed E-state index contributed by atoms with van der Waals surface area (Å²) in [5.74, 6) is -0.327. The molecule has 0 unspecified atom stereocenters. The van der Waals surface area contributed by atoms with Crippen molar-refractivity contribution in [3.05, 3.63) is 108 Å². The van der Waals surface area contributed by atoms with Crippen LogP contribution in [0.25, 0.3) is 16.9 Å². The number of nitrogens with zero attached hydrogens (tertiary/aromatic N) is 3. The predicted octanol–water partition coefficient (Wildman–Crippen LogP) is 7.94. The van der Waals surface area contributed by atoms with Crippen LogP contribution < -0.4 is 5.32 Å². The van der Waals surface area contributed by atoms with E-state index in [9.17, 15) is 18.0 Å². The van der Waals surface area contributed by atoms with Gasteiger partial charge in [-0.2, -0.15) is 18.3 Å². The van der Waals surface area contributed by atoms with E-state index in [1.807, 2.05) is 68.4 Å². The fourth-order valence-corrected chi connectivity index (χ4v) is 4.90. The summed E-state index contributed by atoms with van der Waals surface area (Å²) in [4.78, 5) is 19.5. The van der Waals surface area contributed by atoms with Gasteiger partial charge in [-0.05, 0) is 41.8 Å². The van der Waals surface area contributed by atoms with Gasteiger partial charge >= 0.3 is 6.18 Å². The number of carbonyl (C=O) groups is 1. The Kier molecular flexibility index (Phi) is 6.94. The summed E-state index contributed by atoms with van der Waals surface area (Å²) in [6, 6.07) is 25.0. The quantitative estimate of drug-likeness (QED) is 0.241. The molecule has 192 valence electrons. The molecule has 3 aromatic carbocycles. The van der Waals surface area contributed by atoms with E-state index in [-0.39, 0.29) is 22.8 Å². The van der Waals surface area contributed by atoms with E-state index < -0.39 is 17.8 Å². The lowest BCUT2D eigenvalue weighted by atomic mass is 10.0. The van der Waals surface area contributed by atoms with E-state index >= 15 is 0 Å². The molecule has 0 radical (unpaired) electrons. The lowest BCUT2D eigenvalue weighted by Crippen LogP contribution is -2.16. The maximum absolute atomic E-state index is 14.0. The van der Waals surface area contributed by atoms with Crippen LogP contribution in [0.1, 0.15) is 41.4 Å². The van der Waals surface area contributed by atoms with Crippen molar-refractivity contribution in [3.63, 3.8) is 0 Å². The molecule has 0 saturated carbocycles. The summed E-state index contributed by atoms with van der Waals surface area (Å²) < 4.78 is 42.7. The maximum atomic E-state index is 14.0. The zero-order chi connectivity index (χ0) is 26.9. The Morgan fingerprint density at radius 1 is 0.947 bits per heavy atom. The molecule has 2 heterocycles. The van der Waals surface area contributed by atoms with Crippen LogP contribution in [-0.4, -0.2) is 20.5 Å². The Hall–Kier alpha value is -4.11. The van der Waals surface area contributed by atoms with E-state index in [1.54, 1.807) is 24.3 Å². The molecule has 2 aromatic heterocycles. The number of amides is 1. The first-order chi connectivity index (χ1) is 18.2. The Bertz CT molecular complexity index is 1600. The van der Waals surface area contributed by atoms with Crippen molar-refractivity contribution in [2.75, 3.05) is 5.32 Å². The lowest BCUT2D eigenvalue weighted by Gasteiger charge is -2.13. The molecule has 0 aliphatic rings. The van der Waals surface area contributed by atoms with Crippen LogP contribution in [0.3, 0.4) is 0 Å². The molecule has 0 spiro atoms. The molecule has 38 heavy (non-hydrogen) atoms. The molecule has 0 saturated heterocycles. The molecule has 0 atom stereocenters. The standard InChI is InChI=1S/C29H23F3N4OS/c1-18(2)19-12-14-20(15-13-19)24-16-26(29(30,31)32)36-27(34-24)22(17-33-36)28(37)35-23-10-6-7-11-25(23)38-21-8-4-3-5-9-21/h3-18H,1-2H3,(H,35,37). The summed E-state index contributed by atoms with van der Waals surface area (Å²) in [5.41, 5.74) is 0.965. The molecule has 9 heteroatoms. The fourth-order valence-electron chi connectivity index (χ4n) is 3.98. The largest absolute Gasteiger partial charge is 0.433 e. The lowest BCUT2D eigenvalue weighted by molar-refractivity contribution is -0.142. The molecule has 1 N–H and O–H groups in total. The monoisotopic (exact) mass is 532 g/mol. The molecule has 5 nitrogen and oxygen atoms in total. The Morgan fingerprint density at radius 2 is 1.63 bits per heavy atom. The normalized spacial score (nSPS) is 11.7. The Morgan fingerprint density at radius 3 is 2.32 bits per heavy atom. The van der Waals surface area contributed by atoms with Gasteiger partial charge in [0, 0.05) is 15.4 Å². The number of rotatable bonds is 6. The van der Waals surface area contributed by atoms with Crippen molar-refractivity contribution >= 4 is 29.0 Å². The average molecular weight is 533 g/mol. The van der Waals surface area contributed by atoms with Gasteiger partial charge in [0.25, 0.3) is 5.91 Å². The highest BCUT2D eigenvalue weighted by molar-refractivity contribution is 7.99. The van der Waals surface area contributed by atoms with E-state index in [2.05, 4.69) is 15.4 Å². The number of carbonyl (C=O) groups excluding carboxylic acids is 1. The van der Waals surface area contributed by atoms with Crippen LogP contribution in [-0.2, 0) is 6.18 Å². The van der Waals surface area contributed by atoms with Crippen LogP contribution in [0.15, 0.2) is 101 Å². The molecule has 0 aliphatic carbocycles. The SMILES string of the molecule is CC(C)c1ccc(-c2cc(C(F)(F)F)n3ncc(C(=O)Nc4ccccc4Sc4ccccc4)c3n2)cc1. The second-order valence-corrected chi connectivity index (χ2v) is 10.1. The highest BCUT2D eigenvalue weighted by Crippen LogP contribution is 2.35. The van der Waals surface area contributed by atoms with Gasteiger partial charge in [0.1, 0.15) is 5.56 Å². The highest BCUT2D eigenvalue weighted by Gasteiger charge is 2.36. The van der Waals surface area contributed by atoms with Crippen molar-refractivity contribution in [2.24, 2.45) is 0 Å². The minimum absolute atomic E-state index is 0.0596. The number of aromatic nitrogens is 3. The summed E-state index contributed by atoms with van der Waals surface area (Å²) in [6.45, 7) is 4.07. The number of anilines is 1. The minimum Gasteiger partial charge on any atom is -0.321 e. The number of halogens is 3. The first kappa shape index (κ1) is 25.5. The average Bonchev–Trinajstić information content (AvgIpc) is 3.33. The molecule has 5 aromatic rings. The fraction of sp³-hybridized carbons (Fsp3) is 0.138. The third-order valence-electron chi connectivity index (χ3n) is 5.99. The third kappa shape index (κ3) is 5.28. The number of para-hydroxylation sites is 1. The van der Waals surface area contributed by atoms with E-state index in [0.717, 1.165) is 27.6 Å². The molecular formula is C29H23F3N4OS. The van der Waals surface area contributed by atoms with Gasteiger partial charge in [0.15, 0.2) is 11.3 Å². The van der Waals surface area contributed by atoms with E-state index in [4.69, 9.17) is 0 Å². The molecule has 0 aliphatic heterocycles. The van der Waals surface area contributed by atoms with Crippen molar-refractivity contribution in [1.82, 2.24) is 14.6 Å². The second-order valence-electron chi connectivity index (χ2n) is 8.96. The molecule has 0 bridgehead atoms. The van der Waals surface area contributed by atoms with E-state index in [1.165, 1.54) is 11.8 Å². The Labute approximate surface area is 221 Å². The van der Waals surface area contributed by atoms with Crippen molar-refractivity contribution in [3.8, 4) is 11.3 Å². The van der Waals surface area contributed by atoms with Crippen LogP contribution in [0.4, 0.5) is 18.9 Å². The smallest absolute Gasteiger partial charge is 0.321 e. The second kappa shape index (κ2) is 10.3. The van der Waals surface area contributed by atoms with Crippen LogP contribution in [0.5, 0.6) is 0 Å². The maximum Gasteiger partial charge on any atom is 0.433 e. The topological polar surface area (TPSA) is 59.3 Å². The van der Waals surface area contributed by atoms with Crippen molar-refractivity contribution in [1.29, 1.82) is 0 Å². The van der Waals surface area contributed by atoms with Gasteiger partial charge in [0.05, 0.1) is 17.6 Å². The molecule has 5 rings (SSSR count). The first-order valence-electron chi connectivity index (χ1n) is 11.9. The van der Waals surface area contributed by atoms with Gasteiger partial charge in [-0.1, -0.05) is 80.2 Å². The first-order valence-corrected chi connectivity index (χ1v) is 12.7. The van der Waals surface area contributed by atoms with Crippen LogP contribution >= 0.6 is 11.8 Å². The third-order valence-corrected chi connectivity index (χ3v) is 7.07. The summed E-state index contributed by atoms with van der Waals surface area (Å²) in [7, 11) is 0. The zero-order valence-corrected chi connectivity index (χ0v) is 21.3. The number of nitrogens with one attached hydrogen (secondary N) is 1. The highest BCUT2D eigenvalue weighted by atomic mass is 32.2. The van der Waals surface area contributed by atoms with Crippen molar-refractivity contribution < 1.29 is 18.0 Å². The summed E-state index contributed by atoms with van der Waals surface area (Å²) >= 11 is 1.47. The predicted molar refractivity (Wildman–Crippen MR) is 142 cm³/mol. The minimum atomic E-state index is -4.70. The number of fused-ring (bicyclic) bond motifs is 1.